The van der Waals surface area contributed by atoms with E-state index in [-0.39, 0.29) is 17.6 Å². The molecule has 1 saturated carbocycles. The molecular formula is C18H24N4O3. The summed E-state index contributed by atoms with van der Waals surface area (Å²) in [6.07, 6.45) is 4.20. The van der Waals surface area contributed by atoms with E-state index >= 15 is 0 Å². The number of nitrogens with one attached hydrogen (secondary N) is 1. The van der Waals surface area contributed by atoms with Crippen LogP contribution in [0.25, 0.3) is 5.65 Å². The van der Waals surface area contributed by atoms with Crippen LogP contribution in [-0.2, 0) is 16.0 Å². The van der Waals surface area contributed by atoms with Gasteiger partial charge in [0.1, 0.15) is 0 Å². The van der Waals surface area contributed by atoms with Crippen molar-refractivity contribution in [1.82, 2.24) is 19.5 Å². The van der Waals surface area contributed by atoms with Crippen LogP contribution in [0.15, 0.2) is 10.9 Å². The lowest BCUT2D eigenvalue weighted by atomic mass is 9.80. The Kier molecular flexibility index (Phi) is 4.11. The second-order valence-corrected chi connectivity index (χ2v) is 7.19. The number of ether oxygens (including phenoxy) is 1. The van der Waals surface area contributed by atoms with Crippen LogP contribution in [0.2, 0.25) is 0 Å². The normalized spacial score (nSPS) is 21.5. The summed E-state index contributed by atoms with van der Waals surface area (Å²) in [4.78, 5) is 30.8. The van der Waals surface area contributed by atoms with Gasteiger partial charge in [-0.25, -0.2) is 9.50 Å². The van der Waals surface area contributed by atoms with Crippen molar-refractivity contribution in [3.05, 3.63) is 33.4 Å². The maximum Gasteiger partial charge on any atom is 0.266 e. The highest BCUT2D eigenvalue weighted by Gasteiger charge is 2.33. The maximum atomic E-state index is 12.8. The first-order valence-corrected chi connectivity index (χ1v) is 9.00. The zero-order chi connectivity index (χ0) is 17.6. The third-order valence-corrected chi connectivity index (χ3v) is 5.65. The summed E-state index contributed by atoms with van der Waals surface area (Å²) in [5, 5.41) is 2.74. The van der Waals surface area contributed by atoms with Gasteiger partial charge in [0.2, 0.25) is 5.91 Å². The summed E-state index contributed by atoms with van der Waals surface area (Å²) in [6.45, 7) is 5.77. The fourth-order valence-corrected chi connectivity index (χ4v) is 3.87. The first kappa shape index (κ1) is 16.3. The molecule has 4 rings (SSSR count). The molecule has 2 aliphatic rings. The lowest BCUT2D eigenvalue weighted by Gasteiger charge is -2.40. The van der Waals surface area contributed by atoms with Crippen molar-refractivity contribution in [2.24, 2.45) is 5.92 Å². The molecule has 1 atom stereocenters. The Morgan fingerprint density at radius 1 is 1.40 bits per heavy atom. The minimum Gasteiger partial charge on any atom is -0.374 e. The van der Waals surface area contributed by atoms with Crippen molar-refractivity contribution >= 4 is 11.6 Å². The average molecular weight is 344 g/mol. The molecule has 2 aromatic heterocycles. The largest absolute Gasteiger partial charge is 0.374 e. The Balaban J connectivity index is 1.54. The quantitative estimate of drug-likeness (QED) is 0.908. The van der Waals surface area contributed by atoms with Crippen LogP contribution in [0.3, 0.4) is 0 Å². The summed E-state index contributed by atoms with van der Waals surface area (Å²) in [5.41, 5.74) is 2.95. The topological polar surface area (TPSA) is 79.7 Å². The molecule has 1 aliphatic carbocycles. The van der Waals surface area contributed by atoms with Crippen LogP contribution >= 0.6 is 0 Å². The van der Waals surface area contributed by atoms with E-state index in [0.717, 1.165) is 17.0 Å². The lowest BCUT2D eigenvalue weighted by molar-refractivity contribution is -0.142. The molecule has 134 valence electrons. The predicted molar refractivity (Wildman–Crippen MR) is 92.7 cm³/mol. The number of morpholine rings is 1. The number of aryl methyl sites for hydroxylation is 2. The van der Waals surface area contributed by atoms with Crippen molar-refractivity contribution in [2.45, 2.75) is 45.6 Å². The Hall–Kier alpha value is -2.15. The molecule has 3 heterocycles. The lowest BCUT2D eigenvalue weighted by Crippen LogP contribution is -2.50. The third-order valence-electron chi connectivity index (χ3n) is 5.65. The Morgan fingerprint density at radius 2 is 2.20 bits per heavy atom. The van der Waals surface area contributed by atoms with E-state index in [2.05, 4.69) is 10.1 Å². The van der Waals surface area contributed by atoms with Crippen LogP contribution in [-0.4, -0.2) is 51.2 Å². The molecule has 1 N–H and O–H groups in total. The van der Waals surface area contributed by atoms with Crippen LogP contribution in [0.1, 0.15) is 36.2 Å². The van der Waals surface area contributed by atoms with Gasteiger partial charge in [0.05, 0.1) is 19.1 Å². The molecule has 1 amide bonds. The summed E-state index contributed by atoms with van der Waals surface area (Å²) in [7, 11) is 0. The van der Waals surface area contributed by atoms with E-state index < -0.39 is 0 Å². The molecule has 7 nitrogen and oxygen atoms in total. The number of carbonyl (C=O) groups is 1. The Labute approximate surface area is 146 Å². The fourth-order valence-electron chi connectivity index (χ4n) is 3.87. The summed E-state index contributed by atoms with van der Waals surface area (Å²) >= 11 is 0. The Morgan fingerprint density at radius 3 is 2.92 bits per heavy atom. The minimum atomic E-state index is -0.185. The summed E-state index contributed by atoms with van der Waals surface area (Å²) in [5.74, 6) is 0.719. The van der Waals surface area contributed by atoms with Gasteiger partial charge in [-0.3, -0.25) is 14.7 Å². The minimum absolute atomic E-state index is 0.106. The number of H-pyrrole nitrogens is 1. The molecule has 7 heteroatoms. The molecule has 1 unspecified atom stereocenters. The van der Waals surface area contributed by atoms with Crippen molar-refractivity contribution in [1.29, 1.82) is 0 Å². The second kappa shape index (κ2) is 6.29. The zero-order valence-electron chi connectivity index (χ0n) is 14.7. The van der Waals surface area contributed by atoms with E-state index in [9.17, 15) is 9.59 Å². The van der Waals surface area contributed by atoms with Gasteiger partial charge in [0.25, 0.3) is 5.56 Å². The Bertz CT molecular complexity index is 865. The standard InChI is InChI=1S/C18H24N4O3/c1-11-14(12(2)22-16(19-11)9-17(23)20-22)8-18(24)21-6-7-25-15(10-21)13-4-3-5-13/h9,13,15H,3-8,10H2,1-2H3,(H,20,23). The first-order valence-electron chi connectivity index (χ1n) is 9.00. The molecule has 1 aliphatic heterocycles. The third kappa shape index (κ3) is 2.97. The van der Waals surface area contributed by atoms with Crippen molar-refractivity contribution < 1.29 is 9.53 Å². The molecule has 0 aromatic carbocycles. The van der Waals surface area contributed by atoms with Crippen LogP contribution in [0, 0.1) is 19.8 Å². The van der Waals surface area contributed by atoms with Crippen LogP contribution in [0.4, 0.5) is 0 Å². The van der Waals surface area contributed by atoms with Crippen molar-refractivity contribution in [3.63, 3.8) is 0 Å². The number of hydrogen-bond donors (Lipinski definition) is 1. The van der Waals surface area contributed by atoms with Crippen molar-refractivity contribution in [3.8, 4) is 0 Å². The SMILES string of the molecule is Cc1nc2cc(=O)[nH]n2c(C)c1CC(=O)N1CCOC(C2CCC2)C1. The average Bonchev–Trinajstić information content (AvgIpc) is 2.90. The number of aromatic nitrogens is 3. The summed E-state index contributed by atoms with van der Waals surface area (Å²) < 4.78 is 7.53. The molecule has 1 saturated heterocycles. The number of hydrogen-bond acceptors (Lipinski definition) is 4. The van der Waals surface area contributed by atoms with E-state index in [1.54, 1.807) is 4.52 Å². The smallest absolute Gasteiger partial charge is 0.266 e. The van der Waals surface area contributed by atoms with Gasteiger partial charge >= 0.3 is 0 Å². The molecule has 2 fully saturated rings. The predicted octanol–water partition coefficient (Wildman–Crippen LogP) is 1.21. The van der Waals surface area contributed by atoms with Gasteiger partial charge in [0.15, 0.2) is 5.65 Å². The number of rotatable bonds is 3. The van der Waals surface area contributed by atoms with Gasteiger partial charge in [-0.2, -0.15) is 0 Å². The number of nitrogens with zero attached hydrogens (tertiary/aromatic N) is 3. The number of aromatic amines is 1. The van der Waals surface area contributed by atoms with E-state index in [1.807, 2.05) is 18.7 Å². The number of amides is 1. The number of fused-ring (bicyclic) bond motifs is 1. The molecule has 0 radical (unpaired) electrons. The van der Waals surface area contributed by atoms with Gasteiger partial charge in [-0.05, 0) is 32.6 Å². The molecular weight excluding hydrogens is 320 g/mol. The van der Waals surface area contributed by atoms with E-state index in [4.69, 9.17) is 4.74 Å². The van der Waals surface area contributed by atoms with Crippen LogP contribution in [0.5, 0.6) is 0 Å². The van der Waals surface area contributed by atoms with Gasteiger partial charge in [-0.1, -0.05) is 6.42 Å². The van der Waals surface area contributed by atoms with Crippen LogP contribution < -0.4 is 5.56 Å². The zero-order valence-corrected chi connectivity index (χ0v) is 14.7. The van der Waals surface area contributed by atoms with Gasteiger partial charge in [-0.15, -0.1) is 0 Å². The van der Waals surface area contributed by atoms with Gasteiger partial charge < -0.3 is 9.64 Å². The molecule has 25 heavy (non-hydrogen) atoms. The van der Waals surface area contributed by atoms with E-state index in [0.29, 0.717) is 37.7 Å². The molecule has 2 aromatic rings. The van der Waals surface area contributed by atoms with Gasteiger partial charge in [0, 0.05) is 36.1 Å². The fraction of sp³-hybridized carbons (Fsp3) is 0.611. The molecule has 0 bridgehead atoms. The second-order valence-electron chi connectivity index (χ2n) is 7.19. The monoisotopic (exact) mass is 344 g/mol. The number of carbonyl (C=O) groups excluding carboxylic acids is 1. The highest BCUT2D eigenvalue weighted by Crippen LogP contribution is 2.32. The molecule has 0 spiro atoms. The highest BCUT2D eigenvalue weighted by molar-refractivity contribution is 5.79. The summed E-state index contributed by atoms with van der Waals surface area (Å²) in [6, 6.07) is 1.47. The first-order chi connectivity index (χ1) is 12.0. The van der Waals surface area contributed by atoms with E-state index in [1.165, 1.54) is 25.3 Å². The maximum absolute atomic E-state index is 12.8. The highest BCUT2D eigenvalue weighted by atomic mass is 16.5. The van der Waals surface area contributed by atoms with Crippen molar-refractivity contribution in [2.75, 3.05) is 19.7 Å².